The maximum Gasteiger partial charge on any atom is 0.328 e. The molecule has 0 bridgehead atoms. The van der Waals surface area contributed by atoms with E-state index in [2.05, 4.69) is 42.7 Å². The molecule has 9 nitrogen and oxygen atoms in total. The number of carbonyl (C=O) groups is 4. The lowest BCUT2D eigenvalue weighted by molar-refractivity contribution is -0.147. The van der Waals surface area contributed by atoms with E-state index in [-0.39, 0.29) is 30.9 Å². The maximum atomic E-state index is 12.5. The Hall–Kier alpha value is -2.68. The molecule has 0 spiro atoms. The summed E-state index contributed by atoms with van der Waals surface area (Å²) < 4.78 is 5.80. The SMILES string of the molecule is CCC/C=C\C/C=C\C(CCCCCCC(=O)NCC(=O)NC(CO)C(=O)O)OC(=O)CCCCCCCCCCC. The third-order valence-electron chi connectivity index (χ3n) is 6.92. The number of esters is 1. The number of carboxylic acid groups (broad SMARTS) is 1. The summed E-state index contributed by atoms with van der Waals surface area (Å²) in [5, 5.41) is 22.4. The number of rotatable bonds is 28. The topological polar surface area (TPSA) is 142 Å². The number of hydrogen-bond donors (Lipinski definition) is 4. The van der Waals surface area contributed by atoms with Crippen LogP contribution < -0.4 is 10.6 Å². The smallest absolute Gasteiger partial charge is 0.328 e. The second-order valence-corrected chi connectivity index (χ2v) is 10.9. The Morgan fingerprint density at radius 3 is 1.98 bits per heavy atom. The van der Waals surface area contributed by atoms with Crippen molar-refractivity contribution in [2.75, 3.05) is 13.2 Å². The highest BCUT2D eigenvalue weighted by Crippen LogP contribution is 2.14. The Morgan fingerprint density at radius 2 is 1.36 bits per heavy atom. The third kappa shape index (κ3) is 25.1. The van der Waals surface area contributed by atoms with Crippen molar-refractivity contribution in [2.45, 2.75) is 148 Å². The number of aliphatic hydroxyl groups is 1. The fraction of sp³-hybridized carbons (Fsp3) is 0.758. The monoisotopic (exact) mass is 594 g/mol. The van der Waals surface area contributed by atoms with Crippen molar-refractivity contribution < 1.29 is 34.1 Å². The van der Waals surface area contributed by atoms with E-state index in [4.69, 9.17) is 14.9 Å². The van der Waals surface area contributed by atoms with Gasteiger partial charge in [0.15, 0.2) is 0 Å². The average molecular weight is 595 g/mol. The van der Waals surface area contributed by atoms with Crippen LogP contribution in [0.15, 0.2) is 24.3 Å². The molecule has 0 saturated carbocycles. The van der Waals surface area contributed by atoms with E-state index in [0.717, 1.165) is 57.8 Å². The van der Waals surface area contributed by atoms with E-state index < -0.39 is 24.5 Å². The van der Waals surface area contributed by atoms with Crippen LogP contribution >= 0.6 is 0 Å². The van der Waals surface area contributed by atoms with E-state index >= 15 is 0 Å². The Kier molecular flexibility index (Phi) is 26.6. The van der Waals surface area contributed by atoms with Crippen LogP contribution in [0.1, 0.15) is 136 Å². The first kappa shape index (κ1) is 39.3. The fourth-order valence-electron chi connectivity index (χ4n) is 4.37. The van der Waals surface area contributed by atoms with Crippen LogP contribution in [0, 0.1) is 0 Å². The fourth-order valence-corrected chi connectivity index (χ4v) is 4.37. The van der Waals surface area contributed by atoms with Gasteiger partial charge in [-0.1, -0.05) is 103 Å². The van der Waals surface area contributed by atoms with Crippen LogP contribution in [0.3, 0.4) is 0 Å². The van der Waals surface area contributed by atoms with Gasteiger partial charge in [0.25, 0.3) is 0 Å². The van der Waals surface area contributed by atoms with Gasteiger partial charge in [0, 0.05) is 12.8 Å². The summed E-state index contributed by atoms with van der Waals surface area (Å²) in [5.41, 5.74) is 0. The average Bonchev–Trinajstić information content (AvgIpc) is 2.97. The number of amides is 2. The molecule has 0 aromatic rings. The minimum absolute atomic E-state index is 0.136. The Bertz CT molecular complexity index is 782. The Morgan fingerprint density at radius 1 is 0.738 bits per heavy atom. The highest BCUT2D eigenvalue weighted by atomic mass is 16.5. The molecule has 0 aromatic carbocycles. The van der Waals surface area contributed by atoms with Crippen molar-refractivity contribution >= 4 is 23.8 Å². The van der Waals surface area contributed by atoms with Gasteiger partial charge in [-0.05, 0) is 44.6 Å². The van der Waals surface area contributed by atoms with Gasteiger partial charge in [-0.25, -0.2) is 4.79 Å². The molecule has 2 unspecified atom stereocenters. The minimum atomic E-state index is -1.39. The van der Waals surface area contributed by atoms with Gasteiger partial charge in [-0.15, -0.1) is 0 Å². The molecule has 9 heteroatoms. The number of nitrogens with one attached hydrogen (secondary N) is 2. The summed E-state index contributed by atoms with van der Waals surface area (Å²) in [6, 6.07) is -1.39. The summed E-state index contributed by atoms with van der Waals surface area (Å²) in [7, 11) is 0. The van der Waals surface area contributed by atoms with E-state index in [9.17, 15) is 19.2 Å². The molecule has 0 fully saturated rings. The van der Waals surface area contributed by atoms with Crippen molar-refractivity contribution in [1.82, 2.24) is 10.6 Å². The molecular weight excluding hydrogens is 536 g/mol. The van der Waals surface area contributed by atoms with Gasteiger partial charge in [0.2, 0.25) is 11.8 Å². The maximum absolute atomic E-state index is 12.5. The zero-order chi connectivity index (χ0) is 31.3. The standard InChI is InChI=1S/C33H58N2O7/c1-3-5-7-9-11-12-13-15-21-25-32(39)42-28(22-18-14-10-8-6-4-2)23-19-16-17-20-24-30(37)34-26-31(38)35-29(27-36)33(40)41/h8,10,18,22,28-29,36H,3-7,9,11-17,19-21,23-27H2,1-2H3,(H,34,37)(H,35,38)(H,40,41)/b10-8-,22-18-. The summed E-state index contributed by atoms with van der Waals surface area (Å²) in [5.74, 6) is -2.43. The second-order valence-electron chi connectivity index (χ2n) is 10.9. The lowest BCUT2D eigenvalue weighted by atomic mass is 10.1. The van der Waals surface area contributed by atoms with Crippen molar-refractivity contribution in [3.8, 4) is 0 Å². The third-order valence-corrected chi connectivity index (χ3v) is 6.92. The quantitative estimate of drug-likeness (QED) is 0.0484. The van der Waals surface area contributed by atoms with Crippen LogP contribution in [0.2, 0.25) is 0 Å². The van der Waals surface area contributed by atoms with Gasteiger partial charge in [0.1, 0.15) is 12.1 Å². The number of unbranched alkanes of at least 4 members (excludes halogenated alkanes) is 12. The first-order valence-corrected chi connectivity index (χ1v) is 16.2. The highest BCUT2D eigenvalue weighted by Gasteiger charge is 2.18. The number of allylic oxidation sites excluding steroid dienone is 3. The molecular formula is C33H58N2O7. The number of carboxylic acids is 1. The predicted octanol–water partition coefficient (Wildman–Crippen LogP) is 6.14. The molecule has 0 aliphatic heterocycles. The molecule has 2 amide bonds. The molecule has 0 aliphatic rings. The molecule has 0 heterocycles. The summed E-state index contributed by atoms with van der Waals surface area (Å²) in [6.45, 7) is 3.31. The molecule has 0 aliphatic carbocycles. The molecule has 0 aromatic heterocycles. The molecule has 0 rings (SSSR count). The summed E-state index contributed by atoms with van der Waals surface area (Å²) in [4.78, 5) is 47.0. The van der Waals surface area contributed by atoms with Crippen LogP contribution in [0.4, 0.5) is 0 Å². The first-order chi connectivity index (χ1) is 20.3. The first-order valence-electron chi connectivity index (χ1n) is 16.2. The number of hydrogen-bond acceptors (Lipinski definition) is 6. The van der Waals surface area contributed by atoms with Gasteiger partial charge in [-0.3, -0.25) is 14.4 Å². The van der Waals surface area contributed by atoms with Gasteiger partial charge in [0.05, 0.1) is 13.2 Å². The van der Waals surface area contributed by atoms with Crippen molar-refractivity contribution in [2.24, 2.45) is 0 Å². The van der Waals surface area contributed by atoms with Crippen LogP contribution in [0.5, 0.6) is 0 Å². The normalized spacial score (nSPS) is 12.8. The number of aliphatic carboxylic acids is 1. The number of ether oxygens (including phenoxy) is 1. The van der Waals surface area contributed by atoms with Crippen LogP contribution in [-0.4, -0.2) is 59.3 Å². The molecule has 0 saturated heterocycles. The van der Waals surface area contributed by atoms with E-state index in [0.29, 0.717) is 12.8 Å². The molecule has 42 heavy (non-hydrogen) atoms. The molecule has 2 atom stereocenters. The lowest BCUT2D eigenvalue weighted by Gasteiger charge is -2.15. The lowest BCUT2D eigenvalue weighted by Crippen LogP contribution is -2.47. The summed E-state index contributed by atoms with van der Waals surface area (Å²) in [6.07, 6.45) is 26.7. The van der Waals surface area contributed by atoms with Crippen molar-refractivity contribution in [3.63, 3.8) is 0 Å². The van der Waals surface area contributed by atoms with Crippen LogP contribution in [0.25, 0.3) is 0 Å². The zero-order valence-electron chi connectivity index (χ0n) is 26.2. The predicted molar refractivity (Wildman–Crippen MR) is 167 cm³/mol. The van der Waals surface area contributed by atoms with Crippen LogP contribution in [-0.2, 0) is 23.9 Å². The van der Waals surface area contributed by atoms with Gasteiger partial charge < -0.3 is 25.6 Å². The molecule has 4 N–H and O–H groups in total. The highest BCUT2D eigenvalue weighted by molar-refractivity contribution is 5.87. The molecule has 242 valence electrons. The summed E-state index contributed by atoms with van der Waals surface area (Å²) >= 11 is 0. The Labute approximate surface area is 253 Å². The van der Waals surface area contributed by atoms with Gasteiger partial charge >= 0.3 is 11.9 Å². The number of carbonyl (C=O) groups excluding carboxylic acids is 3. The van der Waals surface area contributed by atoms with E-state index in [1.165, 1.54) is 44.9 Å². The van der Waals surface area contributed by atoms with E-state index in [1.807, 2.05) is 6.08 Å². The minimum Gasteiger partial charge on any atom is -0.480 e. The van der Waals surface area contributed by atoms with Gasteiger partial charge in [-0.2, -0.15) is 0 Å². The second kappa shape index (κ2) is 28.4. The number of aliphatic hydroxyl groups excluding tert-OH is 1. The zero-order valence-corrected chi connectivity index (χ0v) is 26.2. The van der Waals surface area contributed by atoms with Crippen molar-refractivity contribution in [3.05, 3.63) is 24.3 Å². The Balaban J connectivity index is 4.30. The van der Waals surface area contributed by atoms with E-state index in [1.54, 1.807) is 0 Å². The largest absolute Gasteiger partial charge is 0.480 e. The molecule has 0 radical (unpaired) electrons. The van der Waals surface area contributed by atoms with Crippen molar-refractivity contribution in [1.29, 1.82) is 0 Å².